The highest BCUT2D eigenvalue weighted by molar-refractivity contribution is 5.20. The lowest BCUT2D eigenvalue weighted by Crippen LogP contribution is -2.17. The molecule has 3 rings (SSSR count). The van der Waals surface area contributed by atoms with Gasteiger partial charge in [0.15, 0.2) is 0 Å². The van der Waals surface area contributed by atoms with Crippen LogP contribution >= 0.6 is 0 Å². The lowest BCUT2D eigenvalue weighted by Gasteiger charge is -2.30. The zero-order valence-corrected chi connectivity index (χ0v) is 14.2. The average molecular weight is 289 g/mol. The summed E-state index contributed by atoms with van der Waals surface area (Å²) in [5.74, 6) is 2.05. The lowest BCUT2D eigenvalue weighted by atomic mass is 9.76. The van der Waals surface area contributed by atoms with Crippen LogP contribution in [0.25, 0.3) is 0 Å². The fraction of sp³-hybridized carbons (Fsp3) is 0.905. The summed E-state index contributed by atoms with van der Waals surface area (Å²) < 4.78 is 0. The molecule has 0 radical (unpaired) electrons. The van der Waals surface area contributed by atoms with Crippen LogP contribution in [0.3, 0.4) is 0 Å². The fourth-order valence-corrected chi connectivity index (χ4v) is 5.37. The van der Waals surface area contributed by atoms with Crippen LogP contribution in [0.5, 0.6) is 0 Å². The third-order valence-electron chi connectivity index (χ3n) is 6.54. The van der Waals surface area contributed by atoms with Crippen molar-refractivity contribution >= 4 is 0 Å². The van der Waals surface area contributed by atoms with Gasteiger partial charge in [-0.15, -0.1) is 0 Å². The first-order chi connectivity index (χ1) is 10.4. The van der Waals surface area contributed by atoms with E-state index >= 15 is 0 Å². The van der Waals surface area contributed by atoms with Crippen molar-refractivity contribution in [1.82, 2.24) is 0 Å². The van der Waals surface area contributed by atoms with E-state index in [4.69, 9.17) is 0 Å². The number of hydrogen-bond donors (Lipinski definition) is 0. The Morgan fingerprint density at radius 1 is 0.476 bits per heavy atom. The Hall–Kier alpha value is -0.260. The maximum Gasteiger partial charge on any atom is -0.0172 e. The quantitative estimate of drug-likeness (QED) is 0.354. The molecule has 1 unspecified atom stereocenters. The van der Waals surface area contributed by atoms with Gasteiger partial charge in [-0.1, -0.05) is 62.5 Å². The molecule has 3 aliphatic rings. The Morgan fingerprint density at radius 3 is 1.71 bits per heavy atom. The second-order valence-corrected chi connectivity index (χ2v) is 8.00. The van der Waals surface area contributed by atoms with E-state index in [1.165, 1.54) is 96.3 Å². The third kappa shape index (κ3) is 4.36. The van der Waals surface area contributed by atoms with Gasteiger partial charge >= 0.3 is 0 Å². The Balaban J connectivity index is 1.80. The predicted molar refractivity (Wildman–Crippen MR) is 92.5 cm³/mol. The minimum Gasteiger partial charge on any atom is -0.0707 e. The highest BCUT2D eigenvalue weighted by Crippen LogP contribution is 2.43. The fourth-order valence-electron chi connectivity index (χ4n) is 5.37. The van der Waals surface area contributed by atoms with Crippen LogP contribution in [0, 0.1) is 11.8 Å². The highest BCUT2D eigenvalue weighted by Gasteiger charge is 2.28. The van der Waals surface area contributed by atoms with Crippen LogP contribution < -0.4 is 0 Å². The number of allylic oxidation sites excluding steroid dienone is 2. The predicted octanol–water partition coefficient (Wildman–Crippen LogP) is 7.19. The molecule has 0 spiro atoms. The molecule has 0 bridgehead atoms. The molecule has 0 amide bonds. The first kappa shape index (κ1) is 15.6. The Bertz CT molecular complexity index is 320. The van der Waals surface area contributed by atoms with Crippen LogP contribution in [0.15, 0.2) is 11.1 Å². The molecule has 21 heavy (non-hydrogen) atoms. The maximum absolute atomic E-state index is 2.00. The normalized spacial score (nSPS) is 30.6. The van der Waals surface area contributed by atoms with E-state index in [1.807, 2.05) is 11.1 Å². The van der Waals surface area contributed by atoms with E-state index in [-0.39, 0.29) is 0 Å². The second kappa shape index (κ2) is 8.39. The molecule has 3 aliphatic carbocycles. The van der Waals surface area contributed by atoms with E-state index in [0.717, 1.165) is 11.8 Å². The van der Waals surface area contributed by atoms with Gasteiger partial charge in [0.1, 0.15) is 0 Å². The summed E-state index contributed by atoms with van der Waals surface area (Å²) in [5.41, 5.74) is 3.95. The molecule has 0 aromatic rings. The van der Waals surface area contributed by atoms with Crippen molar-refractivity contribution in [2.45, 2.75) is 109 Å². The van der Waals surface area contributed by atoms with Gasteiger partial charge in [0.25, 0.3) is 0 Å². The molecule has 0 aliphatic heterocycles. The smallest absolute Gasteiger partial charge is 0.0172 e. The van der Waals surface area contributed by atoms with Gasteiger partial charge in [-0.05, 0) is 69.6 Å². The SMILES string of the molecule is C1CCCC(=C2CCCCCC2C2CCCCCC2)CC1. The van der Waals surface area contributed by atoms with Crippen molar-refractivity contribution in [3.05, 3.63) is 11.1 Å². The lowest BCUT2D eigenvalue weighted by molar-refractivity contribution is 0.315. The molecule has 0 heteroatoms. The first-order valence-electron chi connectivity index (χ1n) is 10.2. The summed E-state index contributed by atoms with van der Waals surface area (Å²) in [7, 11) is 0. The molecule has 0 aromatic carbocycles. The topological polar surface area (TPSA) is 0 Å². The second-order valence-electron chi connectivity index (χ2n) is 8.00. The van der Waals surface area contributed by atoms with Crippen molar-refractivity contribution in [2.24, 2.45) is 11.8 Å². The van der Waals surface area contributed by atoms with Gasteiger partial charge in [-0.25, -0.2) is 0 Å². The maximum atomic E-state index is 2.00. The van der Waals surface area contributed by atoms with E-state index in [1.54, 1.807) is 12.8 Å². The molecule has 120 valence electrons. The minimum absolute atomic E-state index is 0.999. The summed E-state index contributed by atoms with van der Waals surface area (Å²) in [6, 6.07) is 0. The summed E-state index contributed by atoms with van der Waals surface area (Å²) >= 11 is 0. The standard InChI is InChI=1S/C21H36/c1-2-7-13-18(12-6-1)20-16-10-5-11-17-21(20)19-14-8-3-4-9-15-19/h18,20H,1-17H2. The van der Waals surface area contributed by atoms with Crippen LogP contribution in [-0.4, -0.2) is 0 Å². The van der Waals surface area contributed by atoms with Crippen molar-refractivity contribution in [2.75, 3.05) is 0 Å². The van der Waals surface area contributed by atoms with Crippen molar-refractivity contribution in [1.29, 1.82) is 0 Å². The molecule has 0 heterocycles. The van der Waals surface area contributed by atoms with Crippen LogP contribution in [0.1, 0.15) is 109 Å². The minimum atomic E-state index is 0.999. The Kier molecular flexibility index (Phi) is 6.25. The largest absolute Gasteiger partial charge is 0.0707 e. The molecule has 0 N–H and O–H groups in total. The molecule has 3 fully saturated rings. The molecular formula is C21H36. The molecule has 0 aromatic heterocycles. The highest BCUT2D eigenvalue weighted by atomic mass is 14.3. The van der Waals surface area contributed by atoms with Crippen molar-refractivity contribution in [3.8, 4) is 0 Å². The first-order valence-corrected chi connectivity index (χ1v) is 10.2. The zero-order chi connectivity index (χ0) is 14.3. The van der Waals surface area contributed by atoms with Crippen molar-refractivity contribution < 1.29 is 0 Å². The third-order valence-corrected chi connectivity index (χ3v) is 6.54. The molecule has 3 saturated carbocycles. The molecule has 1 atom stereocenters. The van der Waals surface area contributed by atoms with Gasteiger partial charge in [0.2, 0.25) is 0 Å². The van der Waals surface area contributed by atoms with Gasteiger partial charge in [0.05, 0.1) is 0 Å². The molecular weight excluding hydrogens is 252 g/mol. The number of hydrogen-bond acceptors (Lipinski definition) is 0. The van der Waals surface area contributed by atoms with Crippen LogP contribution in [0.2, 0.25) is 0 Å². The summed E-state index contributed by atoms with van der Waals surface area (Å²) in [6.45, 7) is 0. The summed E-state index contributed by atoms with van der Waals surface area (Å²) in [4.78, 5) is 0. The van der Waals surface area contributed by atoms with Gasteiger partial charge < -0.3 is 0 Å². The summed E-state index contributed by atoms with van der Waals surface area (Å²) in [6.07, 6.45) is 25.5. The Morgan fingerprint density at radius 2 is 1.00 bits per heavy atom. The summed E-state index contributed by atoms with van der Waals surface area (Å²) in [5, 5.41) is 0. The van der Waals surface area contributed by atoms with E-state index in [9.17, 15) is 0 Å². The van der Waals surface area contributed by atoms with E-state index < -0.39 is 0 Å². The monoisotopic (exact) mass is 288 g/mol. The van der Waals surface area contributed by atoms with Gasteiger partial charge in [-0.2, -0.15) is 0 Å². The van der Waals surface area contributed by atoms with Gasteiger partial charge in [-0.3, -0.25) is 0 Å². The molecule has 0 saturated heterocycles. The van der Waals surface area contributed by atoms with Crippen molar-refractivity contribution in [3.63, 3.8) is 0 Å². The van der Waals surface area contributed by atoms with Gasteiger partial charge in [0, 0.05) is 0 Å². The van der Waals surface area contributed by atoms with Crippen LogP contribution in [0.4, 0.5) is 0 Å². The zero-order valence-electron chi connectivity index (χ0n) is 14.2. The Labute approximate surface area is 132 Å². The van der Waals surface area contributed by atoms with Crippen LogP contribution in [-0.2, 0) is 0 Å². The molecule has 0 nitrogen and oxygen atoms in total. The number of rotatable bonds is 1. The van der Waals surface area contributed by atoms with E-state index in [2.05, 4.69) is 0 Å². The van der Waals surface area contributed by atoms with E-state index in [0.29, 0.717) is 0 Å². The average Bonchev–Trinajstić information content (AvgIpc) is 3.01.